The van der Waals surface area contributed by atoms with Crippen molar-refractivity contribution < 1.29 is 19.1 Å². The van der Waals surface area contributed by atoms with Gasteiger partial charge < -0.3 is 20.1 Å². The Labute approximate surface area is 159 Å². The summed E-state index contributed by atoms with van der Waals surface area (Å²) in [5.41, 5.74) is 1.89. The van der Waals surface area contributed by atoms with Crippen molar-refractivity contribution in [2.24, 2.45) is 0 Å². The summed E-state index contributed by atoms with van der Waals surface area (Å²) in [4.78, 5) is 27.3. The molecule has 2 heterocycles. The van der Waals surface area contributed by atoms with Crippen LogP contribution in [0, 0.1) is 0 Å². The fraction of sp³-hybridized carbons (Fsp3) is 0.500. The zero-order valence-electron chi connectivity index (χ0n) is 16.0. The third-order valence-electron chi connectivity index (χ3n) is 4.88. The van der Waals surface area contributed by atoms with Gasteiger partial charge in [0.2, 0.25) is 0 Å². The van der Waals surface area contributed by atoms with Gasteiger partial charge in [-0.05, 0) is 26.3 Å². The molecule has 2 N–H and O–H groups in total. The summed E-state index contributed by atoms with van der Waals surface area (Å²) in [6.07, 6.45) is 0.107. The molecule has 1 aromatic rings. The molecular weight excluding hydrogens is 346 g/mol. The third kappa shape index (κ3) is 4.48. The minimum absolute atomic E-state index is 0.107. The van der Waals surface area contributed by atoms with E-state index in [2.05, 4.69) is 22.5 Å². The van der Waals surface area contributed by atoms with Crippen LogP contribution >= 0.6 is 0 Å². The Kier molecular flexibility index (Phi) is 6.13. The second-order valence-corrected chi connectivity index (χ2v) is 6.98. The highest BCUT2D eigenvalue weighted by molar-refractivity contribution is 5.95. The van der Waals surface area contributed by atoms with Gasteiger partial charge in [0.05, 0.1) is 30.9 Å². The predicted octanol–water partition coefficient (Wildman–Crippen LogP) is 1.97. The molecule has 27 heavy (non-hydrogen) atoms. The van der Waals surface area contributed by atoms with Crippen LogP contribution in [0.4, 0.5) is 4.79 Å². The fourth-order valence-corrected chi connectivity index (χ4v) is 3.48. The standard InChI is InChI=1S/C20H27N3O4/c1-4-26-19(24)17-16(11-23-10-14(3)27-12-13(23)2)21-20(25)22-18(17)15-8-6-5-7-9-15/h5-9,13-14,18H,4,10-12H2,1-3H3,(H2,21,22,25). The number of hydrogen-bond donors (Lipinski definition) is 2. The minimum Gasteiger partial charge on any atom is -0.463 e. The molecule has 0 aromatic heterocycles. The van der Waals surface area contributed by atoms with Crippen molar-refractivity contribution >= 4 is 12.0 Å². The molecule has 0 bridgehead atoms. The molecule has 2 aliphatic heterocycles. The molecule has 7 heteroatoms. The average Bonchev–Trinajstić information content (AvgIpc) is 2.65. The van der Waals surface area contributed by atoms with E-state index in [0.29, 0.717) is 24.4 Å². The van der Waals surface area contributed by atoms with Crippen molar-refractivity contribution in [1.29, 1.82) is 0 Å². The quantitative estimate of drug-likeness (QED) is 0.772. The van der Waals surface area contributed by atoms with Crippen LogP contribution in [-0.4, -0.2) is 55.3 Å². The van der Waals surface area contributed by atoms with Crippen LogP contribution in [0.15, 0.2) is 41.6 Å². The zero-order valence-corrected chi connectivity index (χ0v) is 16.0. The van der Waals surface area contributed by atoms with Crippen LogP contribution in [0.3, 0.4) is 0 Å². The van der Waals surface area contributed by atoms with Crippen LogP contribution in [-0.2, 0) is 14.3 Å². The van der Waals surface area contributed by atoms with Crippen molar-refractivity contribution in [2.75, 3.05) is 26.3 Å². The summed E-state index contributed by atoms with van der Waals surface area (Å²) in [6, 6.07) is 8.80. The average molecular weight is 373 g/mol. The van der Waals surface area contributed by atoms with Gasteiger partial charge in [-0.1, -0.05) is 30.3 Å². The lowest BCUT2D eigenvalue weighted by molar-refractivity contribution is -0.139. The highest BCUT2D eigenvalue weighted by Crippen LogP contribution is 2.28. The van der Waals surface area contributed by atoms with E-state index >= 15 is 0 Å². The number of hydrogen-bond acceptors (Lipinski definition) is 5. The van der Waals surface area contributed by atoms with Crippen LogP contribution < -0.4 is 10.6 Å². The lowest BCUT2D eigenvalue weighted by atomic mass is 9.94. The first-order valence-electron chi connectivity index (χ1n) is 9.37. The maximum Gasteiger partial charge on any atom is 0.338 e. The molecule has 1 aromatic carbocycles. The van der Waals surface area contributed by atoms with E-state index in [9.17, 15) is 9.59 Å². The number of benzene rings is 1. The molecule has 0 radical (unpaired) electrons. The molecular formula is C20H27N3O4. The lowest BCUT2D eigenvalue weighted by Gasteiger charge is -2.39. The van der Waals surface area contributed by atoms with Crippen LogP contribution in [0.5, 0.6) is 0 Å². The van der Waals surface area contributed by atoms with E-state index in [4.69, 9.17) is 9.47 Å². The highest BCUT2D eigenvalue weighted by atomic mass is 16.5. The van der Waals surface area contributed by atoms with E-state index in [1.807, 2.05) is 37.3 Å². The minimum atomic E-state index is -0.539. The van der Waals surface area contributed by atoms with Crippen molar-refractivity contribution in [1.82, 2.24) is 15.5 Å². The number of ether oxygens (including phenoxy) is 2. The van der Waals surface area contributed by atoms with E-state index in [1.54, 1.807) is 6.92 Å². The lowest BCUT2D eigenvalue weighted by Crippen LogP contribution is -2.52. The molecule has 3 atom stereocenters. The van der Waals surface area contributed by atoms with Crippen molar-refractivity contribution in [3.63, 3.8) is 0 Å². The maximum atomic E-state index is 12.8. The van der Waals surface area contributed by atoms with Crippen LogP contribution in [0.1, 0.15) is 32.4 Å². The number of amides is 2. The number of carbonyl (C=O) groups is 2. The number of rotatable bonds is 5. The number of esters is 1. The highest BCUT2D eigenvalue weighted by Gasteiger charge is 2.35. The Morgan fingerprint density at radius 2 is 2.04 bits per heavy atom. The van der Waals surface area contributed by atoms with E-state index in [-0.39, 0.29) is 24.8 Å². The Balaban J connectivity index is 1.98. The van der Waals surface area contributed by atoms with E-state index < -0.39 is 12.0 Å². The van der Waals surface area contributed by atoms with E-state index in [0.717, 1.165) is 12.1 Å². The summed E-state index contributed by atoms with van der Waals surface area (Å²) in [6.45, 7) is 7.96. The summed E-state index contributed by atoms with van der Waals surface area (Å²) in [5, 5.41) is 5.69. The van der Waals surface area contributed by atoms with Gasteiger partial charge in [-0.15, -0.1) is 0 Å². The van der Waals surface area contributed by atoms with Crippen molar-refractivity contribution in [3.05, 3.63) is 47.2 Å². The second kappa shape index (κ2) is 8.54. The molecule has 2 amide bonds. The number of morpholine rings is 1. The molecule has 1 saturated heterocycles. The molecule has 0 aliphatic carbocycles. The van der Waals surface area contributed by atoms with Gasteiger partial charge in [0, 0.05) is 24.8 Å². The zero-order chi connectivity index (χ0) is 19.4. The second-order valence-electron chi connectivity index (χ2n) is 6.98. The molecule has 146 valence electrons. The smallest absolute Gasteiger partial charge is 0.338 e. The van der Waals surface area contributed by atoms with Crippen molar-refractivity contribution in [2.45, 2.75) is 39.0 Å². The Morgan fingerprint density at radius 3 is 2.74 bits per heavy atom. The first kappa shape index (κ1) is 19.4. The first-order chi connectivity index (χ1) is 13.0. The van der Waals surface area contributed by atoms with Gasteiger partial charge >= 0.3 is 12.0 Å². The summed E-state index contributed by atoms with van der Waals surface area (Å²) < 4.78 is 11.0. The van der Waals surface area contributed by atoms with Crippen LogP contribution in [0.2, 0.25) is 0 Å². The van der Waals surface area contributed by atoms with Gasteiger partial charge in [-0.3, -0.25) is 4.90 Å². The summed E-state index contributed by atoms with van der Waals surface area (Å²) in [5.74, 6) is -0.414. The molecule has 3 unspecified atom stereocenters. The molecule has 7 nitrogen and oxygen atoms in total. The van der Waals surface area contributed by atoms with Gasteiger partial charge in [0.25, 0.3) is 0 Å². The Hall–Kier alpha value is -2.38. The number of urea groups is 1. The molecule has 3 rings (SSSR count). The van der Waals surface area contributed by atoms with Gasteiger partial charge in [0.1, 0.15) is 0 Å². The van der Waals surface area contributed by atoms with Gasteiger partial charge in [-0.2, -0.15) is 0 Å². The van der Waals surface area contributed by atoms with Gasteiger partial charge in [0.15, 0.2) is 0 Å². The maximum absolute atomic E-state index is 12.8. The Bertz CT molecular complexity index is 719. The first-order valence-corrected chi connectivity index (χ1v) is 9.37. The normalized spacial score (nSPS) is 26.3. The van der Waals surface area contributed by atoms with Gasteiger partial charge in [-0.25, -0.2) is 9.59 Å². The topological polar surface area (TPSA) is 79.9 Å². The summed E-state index contributed by atoms with van der Waals surface area (Å²) >= 11 is 0. The van der Waals surface area contributed by atoms with E-state index in [1.165, 1.54) is 0 Å². The Morgan fingerprint density at radius 1 is 1.30 bits per heavy atom. The molecule has 1 fully saturated rings. The summed E-state index contributed by atoms with van der Waals surface area (Å²) in [7, 11) is 0. The molecule has 0 spiro atoms. The van der Waals surface area contributed by atoms with Crippen LogP contribution in [0.25, 0.3) is 0 Å². The number of carbonyl (C=O) groups excluding carboxylic acids is 2. The molecule has 0 saturated carbocycles. The SMILES string of the molecule is CCOC(=O)C1=C(CN2CC(C)OCC2C)NC(=O)NC1c1ccccc1. The fourth-order valence-electron chi connectivity index (χ4n) is 3.48. The van der Waals surface area contributed by atoms with Crippen molar-refractivity contribution in [3.8, 4) is 0 Å². The largest absolute Gasteiger partial charge is 0.463 e. The monoisotopic (exact) mass is 373 g/mol. The number of nitrogens with one attached hydrogen (secondary N) is 2. The molecule has 2 aliphatic rings. The third-order valence-corrected chi connectivity index (χ3v) is 4.88. The predicted molar refractivity (Wildman–Crippen MR) is 101 cm³/mol. The number of nitrogens with zero attached hydrogens (tertiary/aromatic N) is 1.